The van der Waals surface area contributed by atoms with E-state index in [9.17, 15) is 14.7 Å². The first-order valence-electron chi connectivity index (χ1n) is 13.0. The number of hydrogen-bond donors (Lipinski definition) is 3. The molecule has 1 atom stereocenters. The number of nitrogens with one attached hydrogen (secondary N) is 1. The van der Waals surface area contributed by atoms with E-state index in [-0.39, 0.29) is 54.4 Å². The van der Waals surface area contributed by atoms with Crippen LogP contribution < -0.4 is 20.7 Å². The van der Waals surface area contributed by atoms with Crippen molar-refractivity contribution in [3.8, 4) is 11.5 Å². The highest BCUT2D eigenvalue weighted by atomic mass is 19.1. The second-order valence-corrected chi connectivity index (χ2v) is 10.8. The summed E-state index contributed by atoms with van der Waals surface area (Å²) >= 11 is 0. The number of Topliss-reactive ketones (excluding diaryl/α,β-unsaturated/α-hetero) is 1. The normalized spacial score (nSPS) is 18.1. The van der Waals surface area contributed by atoms with Crippen LogP contribution in [0.25, 0.3) is 0 Å². The number of anilines is 2. The lowest BCUT2D eigenvalue weighted by molar-refractivity contribution is -0.119. The summed E-state index contributed by atoms with van der Waals surface area (Å²) in [7, 11) is 0. The van der Waals surface area contributed by atoms with Crippen LogP contribution >= 0.6 is 0 Å². The lowest BCUT2D eigenvalue weighted by Gasteiger charge is -2.37. The second kappa shape index (κ2) is 10.5. The van der Waals surface area contributed by atoms with E-state index >= 15 is 4.39 Å². The van der Waals surface area contributed by atoms with E-state index in [2.05, 4.69) is 5.32 Å². The summed E-state index contributed by atoms with van der Waals surface area (Å²) in [4.78, 5) is 28.7. The first kappa shape index (κ1) is 26.4. The van der Waals surface area contributed by atoms with Crippen molar-refractivity contribution in [3.05, 3.63) is 94.9 Å². The van der Waals surface area contributed by atoms with Crippen LogP contribution in [-0.2, 0) is 16.2 Å². The van der Waals surface area contributed by atoms with Crippen molar-refractivity contribution in [1.29, 1.82) is 0 Å². The Morgan fingerprint density at radius 2 is 1.90 bits per heavy atom. The van der Waals surface area contributed by atoms with Crippen molar-refractivity contribution in [2.24, 2.45) is 11.1 Å². The molecule has 0 spiro atoms. The van der Waals surface area contributed by atoms with Gasteiger partial charge in [-0.25, -0.2) is 4.39 Å². The Balaban J connectivity index is 1.65. The van der Waals surface area contributed by atoms with Crippen molar-refractivity contribution in [2.75, 3.05) is 16.8 Å². The highest BCUT2D eigenvalue weighted by Gasteiger charge is 2.44. The van der Waals surface area contributed by atoms with Crippen LogP contribution in [0.15, 0.2) is 78.0 Å². The number of nitrogens with zero attached hydrogens (tertiary/aromatic N) is 1. The number of allylic oxidation sites excluding steroid dienone is 1. The molecule has 0 saturated carbocycles. The van der Waals surface area contributed by atoms with Gasteiger partial charge in [-0.3, -0.25) is 14.5 Å². The van der Waals surface area contributed by atoms with Crippen LogP contribution in [0.5, 0.6) is 11.5 Å². The highest BCUT2D eigenvalue weighted by Crippen LogP contribution is 2.50. The maximum absolute atomic E-state index is 16.0. The summed E-state index contributed by atoms with van der Waals surface area (Å²) < 4.78 is 21.8. The number of hydrogen-bond acceptors (Lipinski definition) is 6. The van der Waals surface area contributed by atoms with Crippen LogP contribution in [0.1, 0.15) is 50.3 Å². The first-order valence-corrected chi connectivity index (χ1v) is 13.0. The molecule has 1 amide bonds. The number of para-hydroxylation sites is 1. The smallest absolute Gasteiger partial charge is 0.229 e. The van der Waals surface area contributed by atoms with Gasteiger partial charge in [0.25, 0.3) is 0 Å². The van der Waals surface area contributed by atoms with Gasteiger partial charge >= 0.3 is 0 Å². The zero-order valence-electron chi connectivity index (χ0n) is 22.0. The van der Waals surface area contributed by atoms with Crippen molar-refractivity contribution in [3.63, 3.8) is 0 Å². The van der Waals surface area contributed by atoms with E-state index in [4.69, 9.17) is 10.5 Å². The molecular weight excluding hydrogens is 497 g/mol. The van der Waals surface area contributed by atoms with Crippen molar-refractivity contribution >= 4 is 23.1 Å². The standard InChI is InChI=1S/C31H32FN3O4/c1-31(2)16-23-28(26(37)17-31)30(35(27(38)13-14-33)24-9-6-10-25(36)29(24)34-23)21-12-11-20(15-22(21)32)39-18-19-7-4-3-5-8-19/h3-12,15,30,34,36H,13-14,16-18,33H2,1-2H3. The van der Waals surface area contributed by atoms with Crippen LogP contribution in [0, 0.1) is 11.2 Å². The summed E-state index contributed by atoms with van der Waals surface area (Å²) in [5.41, 5.74) is 8.02. The predicted octanol–water partition coefficient (Wildman–Crippen LogP) is 5.60. The number of amides is 1. The molecule has 0 radical (unpaired) electrons. The summed E-state index contributed by atoms with van der Waals surface area (Å²) in [6.45, 7) is 4.31. The van der Waals surface area contributed by atoms with E-state index in [0.29, 0.717) is 34.8 Å². The third-order valence-corrected chi connectivity index (χ3v) is 7.15. The number of phenols is 1. The van der Waals surface area contributed by atoms with Gasteiger partial charge in [0.2, 0.25) is 5.91 Å². The van der Waals surface area contributed by atoms with Gasteiger partial charge in [0, 0.05) is 42.3 Å². The van der Waals surface area contributed by atoms with Gasteiger partial charge in [0.15, 0.2) is 5.78 Å². The highest BCUT2D eigenvalue weighted by molar-refractivity contribution is 6.07. The van der Waals surface area contributed by atoms with Crippen molar-refractivity contribution < 1.29 is 23.8 Å². The van der Waals surface area contributed by atoms with E-state index in [0.717, 1.165) is 5.56 Å². The number of carbonyl (C=O) groups is 2. The van der Waals surface area contributed by atoms with Crippen molar-refractivity contribution in [1.82, 2.24) is 0 Å². The number of carbonyl (C=O) groups excluding carboxylic acids is 2. The number of rotatable bonds is 6. The predicted molar refractivity (Wildman–Crippen MR) is 148 cm³/mol. The molecule has 3 aromatic carbocycles. The largest absolute Gasteiger partial charge is 0.506 e. The summed E-state index contributed by atoms with van der Waals surface area (Å²) in [5.74, 6) is -0.919. The molecule has 202 valence electrons. The topological polar surface area (TPSA) is 105 Å². The molecule has 0 fully saturated rings. The Kier molecular flexibility index (Phi) is 7.14. The van der Waals surface area contributed by atoms with E-state index in [1.165, 1.54) is 17.0 Å². The Morgan fingerprint density at radius 3 is 2.62 bits per heavy atom. The molecule has 1 aliphatic carbocycles. The molecule has 5 rings (SSSR count). The molecule has 8 heteroatoms. The SMILES string of the molecule is CC1(C)CC(=O)C2=C(C1)Nc1c(O)cccc1N(C(=O)CCN)C2c1ccc(OCc2ccccc2)cc1F. The zero-order chi connectivity index (χ0) is 27.7. The molecule has 0 bridgehead atoms. The van der Waals surface area contributed by atoms with Gasteiger partial charge in [0.05, 0.1) is 11.7 Å². The van der Waals surface area contributed by atoms with Crippen LogP contribution in [0.3, 0.4) is 0 Å². The average molecular weight is 530 g/mol. The zero-order valence-corrected chi connectivity index (χ0v) is 22.0. The summed E-state index contributed by atoms with van der Waals surface area (Å²) in [5, 5.41) is 14.0. The van der Waals surface area contributed by atoms with Gasteiger partial charge in [-0.2, -0.15) is 0 Å². The fraction of sp³-hybridized carbons (Fsp3) is 0.290. The number of benzene rings is 3. The van der Waals surface area contributed by atoms with Crippen LogP contribution in [0.2, 0.25) is 0 Å². The number of halogens is 1. The Labute approximate surface area is 227 Å². The Hall–Kier alpha value is -4.17. The number of ketones is 1. The number of aromatic hydroxyl groups is 1. The molecule has 2 aliphatic rings. The van der Waals surface area contributed by atoms with Gasteiger partial charge in [-0.05, 0) is 41.7 Å². The molecule has 39 heavy (non-hydrogen) atoms. The molecular formula is C31H32FN3O4. The number of fused-ring (bicyclic) bond motifs is 1. The van der Waals surface area contributed by atoms with E-state index in [1.54, 1.807) is 24.3 Å². The lowest BCUT2D eigenvalue weighted by Crippen LogP contribution is -2.40. The minimum absolute atomic E-state index is 0.0201. The number of nitrogens with two attached hydrogens (primary N) is 1. The molecule has 1 aliphatic heterocycles. The van der Waals surface area contributed by atoms with Gasteiger partial charge in [-0.15, -0.1) is 0 Å². The third-order valence-electron chi connectivity index (χ3n) is 7.15. The Morgan fingerprint density at radius 1 is 1.13 bits per heavy atom. The minimum Gasteiger partial charge on any atom is -0.506 e. The number of phenolic OH excluding ortho intramolecular Hbond substituents is 1. The fourth-order valence-corrected chi connectivity index (χ4v) is 5.42. The fourth-order valence-electron chi connectivity index (χ4n) is 5.42. The van der Waals surface area contributed by atoms with Crippen LogP contribution in [-0.4, -0.2) is 23.3 Å². The summed E-state index contributed by atoms with van der Waals surface area (Å²) in [6, 6.07) is 17.8. The second-order valence-electron chi connectivity index (χ2n) is 10.8. The third kappa shape index (κ3) is 5.25. The van der Waals surface area contributed by atoms with E-state index in [1.807, 2.05) is 44.2 Å². The maximum atomic E-state index is 16.0. The lowest BCUT2D eigenvalue weighted by atomic mass is 9.73. The molecule has 0 aromatic heterocycles. The van der Waals surface area contributed by atoms with Crippen LogP contribution in [0.4, 0.5) is 15.8 Å². The maximum Gasteiger partial charge on any atom is 0.229 e. The molecule has 0 saturated heterocycles. The van der Waals surface area contributed by atoms with Gasteiger partial charge in [0.1, 0.15) is 29.6 Å². The molecule has 1 unspecified atom stereocenters. The molecule has 4 N–H and O–H groups in total. The monoisotopic (exact) mass is 529 g/mol. The first-order chi connectivity index (χ1) is 18.7. The molecule has 1 heterocycles. The Bertz CT molecular complexity index is 1450. The average Bonchev–Trinajstić information content (AvgIpc) is 3.03. The molecule has 3 aromatic rings. The molecule has 7 nitrogen and oxygen atoms in total. The van der Waals surface area contributed by atoms with Crippen molar-refractivity contribution in [2.45, 2.75) is 45.8 Å². The quantitative estimate of drug-likeness (QED) is 0.359. The summed E-state index contributed by atoms with van der Waals surface area (Å²) in [6.07, 6.45) is 0.704. The number of ether oxygens (including phenoxy) is 1. The van der Waals surface area contributed by atoms with Gasteiger partial charge in [-0.1, -0.05) is 50.2 Å². The van der Waals surface area contributed by atoms with E-state index < -0.39 is 11.9 Å². The van der Waals surface area contributed by atoms with Gasteiger partial charge < -0.3 is 20.9 Å². The minimum atomic E-state index is -1.05.